The summed E-state index contributed by atoms with van der Waals surface area (Å²) in [6, 6.07) is 5.99. The molecule has 0 atom stereocenters. The first kappa shape index (κ1) is 12.7. The van der Waals surface area contributed by atoms with Crippen molar-refractivity contribution in [2.75, 3.05) is 0 Å². The molecule has 0 saturated heterocycles. The number of aryl methyl sites for hydroxylation is 2. The molecule has 1 heterocycles. The molecule has 17 heavy (non-hydrogen) atoms. The minimum atomic E-state index is 0.489. The van der Waals surface area contributed by atoms with Crippen LogP contribution in [0.15, 0.2) is 37.2 Å². The lowest BCUT2D eigenvalue weighted by atomic mass is 10.2. The van der Waals surface area contributed by atoms with Crippen LogP contribution in [0.2, 0.25) is 0 Å². The minimum absolute atomic E-state index is 0.489. The van der Waals surface area contributed by atoms with E-state index >= 15 is 0 Å². The van der Waals surface area contributed by atoms with Crippen molar-refractivity contribution in [3.63, 3.8) is 0 Å². The molecule has 0 radical (unpaired) electrons. The molecule has 0 amide bonds. The monoisotopic (exact) mass is 312 g/mol. The largest absolute Gasteiger partial charge is 0.436 e. The number of hydrogen-bond donors (Lipinski definition) is 1. The molecule has 0 spiro atoms. The third kappa shape index (κ3) is 2.73. The maximum atomic E-state index is 5.75. The average molecular weight is 313 g/mol. The summed E-state index contributed by atoms with van der Waals surface area (Å²) in [6.45, 7) is 4.34. The highest BCUT2D eigenvalue weighted by Crippen LogP contribution is 2.33. The van der Waals surface area contributed by atoms with Gasteiger partial charge in [0.25, 0.3) is 5.22 Å². The van der Waals surface area contributed by atoms with E-state index in [0.717, 1.165) is 26.4 Å². The van der Waals surface area contributed by atoms with E-state index in [1.165, 1.54) is 11.8 Å². The number of nitrogens with zero attached hydrogens (tertiary/aromatic N) is 1. The summed E-state index contributed by atoms with van der Waals surface area (Å²) in [5, 5.41) is 0.660. The SMILES string of the molecule is Cc1nc(Sc2cccc(Br)c2CN)oc1C. The molecule has 90 valence electrons. The van der Waals surface area contributed by atoms with Gasteiger partial charge in [-0.1, -0.05) is 22.0 Å². The topological polar surface area (TPSA) is 52.0 Å². The van der Waals surface area contributed by atoms with Crippen LogP contribution in [0.3, 0.4) is 0 Å². The van der Waals surface area contributed by atoms with Crippen LogP contribution in [-0.2, 0) is 6.54 Å². The van der Waals surface area contributed by atoms with Gasteiger partial charge < -0.3 is 10.2 Å². The maximum Gasteiger partial charge on any atom is 0.261 e. The van der Waals surface area contributed by atoms with Crippen LogP contribution in [0.5, 0.6) is 0 Å². The zero-order valence-corrected chi connectivity index (χ0v) is 12.1. The summed E-state index contributed by atoms with van der Waals surface area (Å²) in [7, 11) is 0. The van der Waals surface area contributed by atoms with Crippen molar-refractivity contribution < 1.29 is 4.42 Å². The fourth-order valence-corrected chi connectivity index (χ4v) is 3.07. The molecule has 0 aliphatic heterocycles. The van der Waals surface area contributed by atoms with Crippen molar-refractivity contribution in [3.8, 4) is 0 Å². The predicted molar refractivity (Wildman–Crippen MR) is 72.1 cm³/mol. The van der Waals surface area contributed by atoms with Gasteiger partial charge in [-0.2, -0.15) is 0 Å². The molecule has 2 rings (SSSR count). The van der Waals surface area contributed by atoms with Gasteiger partial charge in [-0.05, 0) is 43.3 Å². The normalized spacial score (nSPS) is 10.8. The summed E-state index contributed by atoms with van der Waals surface area (Å²) in [5.41, 5.74) is 7.75. The van der Waals surface area contributed by atoms with Crippen LogP contribution in [0.25, 0.3) is 0 Å². The Morgan fingerprint density at radius 2 is 2.18 bits per heavy atom. The van der Waals surface area contributed by atoms with E-state index in [-0.39, 0.29) is 0 Å². The number of nitrogens with two attached hydrogens (primary N) is 1. The first-order valence-corrected chi connectivity index (χ1v) is 6.82. The Kier molecular flexibility index (Phi) is 3.91. The van der Waals surface area contributed by atoms with E-state index < -0.39 is 0 Å². The maximum absolute atomic E-state index is 5.75. The first-order chi connectivity index (χ1) is 8.11. The fourth-order valence-electron chi connectivity index (χ4n) is 1.41. The Hall–Kier alpha value is -0.780. The molecule has 1 aromatic carbocycles. The van der Waals surface area contributed by atoms with E-state index in [4.69, 9.17) is 10.2 Å². The zero-order chi connectivity index (χ0) is 12.4. The highest BCUT2D eigenvalue weighted by molar-refractivity contribution is 9.10. The van der Waals surface area contributed by atoms with Crippen LogP contribution in [0.4, 0.5) is 0 Å². The van der Waals surface area contributed by atoms with Gasteiger partial charge >= 0.3 is 0 Å². The van der Waals surface area contributed by atoms with Crippen molar-refractivity contribution in [1.82, 2.24) is 4.98 Å². The van der Waals surface area contributed by atoms with Crippen LogP contribution in [0.1, 0.15) is 17.0 Å². The number of benzene rings is 1. The minimum Gasteiger partial charge on any atom is -0.436 e. The van der Waals surface area contributed by atoms with Crippen molar-refractivity contribution in [2.24, 2.45) is 5.73 Å². The second kappa shape index (κ2) is 5.25. The quantitative estimate of drug-likeness (QED) is 0.939. The van der Waals surface area contributed by atoms with Crippen LogP contribution in [0, 0.1) is 13.8 Å². The second-order valence-electron chi connectivity index (χ2n) is 3.64. The van der Waals surface area contributed by atoms with E-state index in [0.29, 0.717) is 11.8 Å². The lowest BCUT2D eigenvalue weighted by Crippen LogP contribution is -1.99. The molecule has 0 unspecified atom stereocenters. The molecule has 2 aromatic rings. The van der Waals surface area contributed by atoms with E-state index in [1.807, 2.05) is 32.0 Å². The Balaban J connectivity index is 2.32. The lowest BCUT2D eigenvalue weighted by molar-refractivity contribution is 0.431. The second-order valence-corrected chi connectivity index (χ2v) is 5.49. The molecule has 0 aliphatic carbocycles. The number of hydrogen-bond acceptors (Lipinski definition) is 4. The third-order valence-electron chi connectivity index (χ3n) is 2.49. The number of oxazole rings is 1. The molecule has 3 nitrogen and oxygen atoms in total. The van der Waals surface area contributed by atoms with E-state index in [9.17, 15) is 0 Å². The Bertz CT molecular complexity index is 520. The molecule has 0 aliphatic rings. The van der Waals surface area contributed by atoms with Gasteiger partial charge in [0.2, 0.25) is 0 Å². The van der Waals surface area contributed by atoms with Crippen molar-refractivity contribution in [2.45, 2.75) is 30.5 Å². The summed E-state index contributed by atoms with van der Waals surface area (Å²) >= 11 is 5.00. The molecule has 0 fully saturated rings. The molecule has 0 saturated carbocycles. The van der Waals surface area contributed by atoms with Crippen molar-refractivity contribution in [1.29, 1.82) is 0 Å². The standard InChI is InChI=1S/C12H13BrN2OS/c1-7-8(2)16-12(15-7)17-11-5-3-4-10(13)9(11)6-14/h3-5H,6,14H2,1-2H3. The van der Waals surface area contributed by atoms with Crippen LogP contribution >= 0.6 is 27.7 Å². The summed E-state index contributed by atoms with van der Waals surface area (Å²) in [4.78, 5) is 5.42. The van der Waals surface area contributed by atoms with Gasteiger partial charge in [-0.3, -0.25) is 0 Å². The van der Waals surface area contributed by atoms with Crippen molar-refractivity contribution >= 4 is 27.7 Å². The van der Waals surface area contributed by atoms with Gasteiger partial charge in [0.1, 0.15) is 5.76 Å². The molecule has 5 heteroatoms. The van der Waals surface area contributed by atoms with Gasteiger partial charge in [0, 0.05) is 15.9 Å². The summed E-state index contributed by atoms with van der Waals surface area (Å²) < 4.78 is 6.57. The molecular weight excluding hydrogens is 300 g/mol. The summed E-state index contributed by atoms with van der Waals surface area (Å²) in [6.07, 6.45) is 0. The van der Waals surface area contributed by atoms with Crippen LogP contribution < -0.4 is 5.73 Å². The lowest BCUT2D eigenvalue weighted by Gasteiger charge is -2.06. The number of rotatable bonds is 3. The van der Waals surface area contributed by atoms with E-state index in [2.05, 4.69) is 20.9 Å². The zero-order valence-electron chi connectivity index (χ0n) is 9.66. The Labute approximate surface area is 113 Å². The highest BCUT2D eigenvalue weighted by Gasteiger charge is 2.11. The molecular formula is C12H13BrN2OS. The van der Waals surface area contributed by atoms with Gasteiger partial charge in [-0.25, -0.2) is 4.98 Å². The Morgan fingerprint density at radius 3 is 2.76 bits per heavy atom. The summed E-state index contributed by atoms with van der Waals surface area (Å²) in [5.74, 6) is 0.858. The van der Waals surface area contributed by atoms with E-state index in [1.54, 1.807) is 0 Å². The third-order valence-corrected chi connectivity index (χ3v) is 4.18. The van der Waals surface area contributed by atoms with Gasteiger partial charge in [0.05, 0.1) is 5.69 Å². The molecule has 0 bridgehead atoms. The first-order valence-electron chi connectivity index (χ1n) is 5.21. The fraction of sp³-hybridized carbons (Fsp3) is 0.250. The smallest absolute Gasteiger partial charge is 0.261 e. The Morgan fingerprint density at radius 1 is 1.41 bits per heavy atom. The number of halogens is 1. The van der Waals surface area contributed by atoms with Gasteiger partial charge in [-0.15, -0.1) is 0 Å². The highest BCUT2D eigenvalue weighted by atomic mass is 79.9. The predicted octanol–water partition coefficient (Wildman–Crippen LogP) is 3.66. The average Bonchev–Trinajstić information content (AvgIpc) is 2.58. The molecule has 2 N–H and O–H groups in total. The number of aromatic nitrogens is 1. The van der Waals surface area contributed by atoms with Gasteiger partial charge in [0.15, 0.2) is 0 Å². The van der Waals surface area contributed by atoms with Crippen molar-refractivity contribution in [3.05, 3.63) is 39.7 Å². The molecule has 1 aromatic heterocycles. The van der Waals surface area contributed by atoms with Crippen LogP contribution in [-0.4, -0.2) is 4.98 Å².